The number of carbonyl (C=O) groups is 1. The number of hydrogen-bond acceptors (Lipinski definition) is 4. The van der Waals surface area contributed by atoms with Crippen molar-refractivity contribution < 1.29 is 18.7 Å². The van der Waals surface area contributed by atoms with Crippen LogP contribution in [0.2, 0.25) is 0 Å². The van der Waals surface area contributed by atoms with Gasteiger partial charge in [-0.2, -0.15) is 0 Å². The highest BCUT2D eigenvalue weighted by atomic mass is 19.1. The molecule has 5 heteroatoms. The fourth-order valence-electron chi connectivity index (χ4n) is 2.49. The van der Waals surface area contributed by atoms with Crippen LogP contribution in [-0.4, -0.2) is 19.7 Å². The van der Waals surface area contributed by atoms with Crippen molar-refractivity contribution in [1.29, 1.82) is 0 Å². The van der Waals surface area contributed by atoms with Gasteiger partial charge in [0.25, 0.3) is 0 Å². The van der Waals surface area contributed by atoms with Crippen LogP contribution < -0.4 is 10.1 Å². The van der Waals surface area contributed by atoms with Gasteiger partial charge >= 0.3 is 5.97 Å². The third kappa shape index (κ3) is 3.85. The molecule has 0 fully saturated rings. The molecular formula is C19H22FNO3. The molecule has 0 aliphatic carbocycles. The van der Waals surface area contributed by atoms with E-state index < -0.39 is 5.97 Å². The summed E-state index contributed by atoms with van der Waals surface area (Å²) in [6.07, 6.45) is 0. The van der Waals surface area contributed by atoms with Gasteiger partial charge in [-0.1, -0.05) is 19.9 Å². The van der Waals surface area contributed by atoms with E-state index in [4.69, 9.17) is 9.47 Å². The fraction of sp³-hybridized carbons (Fsp3) is 0.316. The maximum Gasteiger partial charge on any atom is 0.344 e. The van der Waals surface area contributed by atoms with Gasteiger partial charge < -0.3 is 14.8 Å². The Balaban J connectivity index is 2.49. The minimum atomic E-state index is -0.467. The van der Waals surface area contributed by atoms with Crippen molar-refractivity contribution in [3.05, 3.63) is 53.3 Å². The van der Waals surface area contributed by atoms with E-state index in [0.29, 0.717) is 17.0 Å². The van der Waals surface area contributed by atoms with E-state index in [1.54, 1.807) is 31.2 Å². The summed E-state index contributed by atoms with van der Waals surface area (Å²) in [5, 5.41) is 3.22. The summed E-state index contributed by atoms with van der Waals surface area (Å²) in [6, 6.07) is 9.80. The molecule has 0 radical (unpaired) electrons. The summed E-state index contributed by atoms with van der Waals surface area (Å²) >= 11 is 0. The Morgan fingerprint density at radius 3 is 2.58 bits per heavy atom. The molecule has 128 valence electrons. The Hall–Kier alpha value is -2.56. The number of benzene rings is 2. The summed E-state index contributed by atoms with van der Waals surface area (Å²) in [7, 11) is 1.50. The molecule has 0 spiro atoms. The van der Waals surface area contributed by atoms with Crippen molar-refractivity contribution in [3.8, 4) is 5.75 Å². The highest BCUT2D eigenvalue weighted by Gasteiger charge is 2.19. The molecule has 0 aliphatic rings. The Morgan fingerprint density at radius 2 is 1.96 bits per heavy atom. The highest BCUT2D eigenvalue weighted by Crippen LogP contribution is 2.33. The second-order valence-corrected chi connectivity index (χ2v) is 5.61. The molecule has 0 saturated heterocycles. The quantitative estimate of drug-likeness (QED) is 0.767. The van der Waals surface area contributed by atoms with Gasteiger partial charge in [-0.05, 0) is 48.7 Å². The van der Waals surface area contributed by atoms with Crippen LogP contribution in [0, 0.1) is 5.82 Å². The maximum atomic E-state index is 13.6. The van der Waals surface area contributed by atoms with Gasteiger partial charge in [-0.15, -0.1) is 0 Å². The molecule has 1 N–H and O–H groups in total. The highest BCUT2D eigenvalue weighted by molar-refractivity contribution is 5.99. The van der Waals surface area contributed by atoms with Crippen LogP contribution in [0.15, 0.2) is 36.4 Å². The Morgan fingerprint density at radius 1 is 1.21 bits per heavy atom. The van der Waals surface area contributed by atoms with Gasteiger partial charge in [0.1, 0.15) is 17.1 Å². The average molecular weight is 331 g/mol. The number of nitrogens with one attached hydrogen (secondary N) is 1. The minimum absolute atomic E-state index is 0.125. The fourth-order valence-corrected chi connectivity index (χ4v) is 2.49. The van der Waals surface area contributed by atoms with Crippen molar-refractivity contribution in [2.75, 3.05) is 19.0 Å². The molecule has 2 aromatic rings. The lowest BCUT2D eigenvalue weighted by molar-refractivity contribution is 0.0524. The molecule has 4 nitrogen and oxygen atoms in total. The zero-order chi connectivity index (χ0) is 17.7. The molecule has 0 aliphatic heterocycles. The first-order chi connectivity index (χ1) is 11.5. The lowest BCUT2D eigenvalue weighted by Gasteiger charge is -2.18. The molecule has 0 amide bonds. The molecule has 2 rings (SSSR count). The van der Waals surface area contributed by atoms with Crippen molar-refractivity contribution in [2.24, 2.45) is 0 Å². The van der Waals surface area contributed by atoms with Crippen molar-refractivity contribution in [1.82, 2.24) is 0 Å². The zero-order valence-corrected chi connectivity index (χ0v) is 14.4. The lowest BCUT2D eigenvalue weighted by atomic mass is 10.0. The standard InChI is InChI=1S/C19H22FNO3/c1-5-24-19(22)18-16(7-6-8-17(18)23-4)21-15-10-9-13(20)11-14(15)12(2)3/h6-12,21H,5H2,1-4H3. The monoisotopic (exact) mass is 331 g/mol. The van der Waals surface area contributed by atoms with E-state index >= 15 is 0 Å². The molecule has 24 heavy (non-hydrogen) atoms. The number of esters is 1. The number of anilines is 2. The smallest absolute Gasteiger partial charge is 0.344 e. The van der Waals surface area contributed by atoms with E-state index in [2.05, 4.69) is 5.32 Å². The van der Waals surface area contributed by atoms with Crippen LogP contribution >= 0.6 is 0 Å². The number of hydrogen-bond donors (Lipinski definition) is 1. The number of rotatable bonds is 6. The second kappa shape index (κ2) is 7.81. The maximum absolute atomic E-state index is 13.6. The zero-order valence-electron chi connectivity index (χ0n) is 14.4. The molecule has 0 aromatic heterocycles. The number of halogens is 1. The Labute approximate surface area is 141 Å². The summed E-state index contributed by atoms with van der Waals surface area (Å²) < 4.78 is 24.0. The molecule has 0 unspecified atom stereocenters. The average Bonchev–Trinajstić information content (AvgIpc) is 2.56. The van der Waals surface area contributed by atoms with Crippen LogP contribution in [0.1, 0.15) is 42.6 Å². The van der Waals surface area contributed by atoms with Crippen LogP contribution in [0.4, 0.5) is 15.8 Å². The van der Waals surface area contributed by atoms with Gasteiger partial charge in [0.2, 0.25) is 0 Å². The first kappa shape index (κ1) is 17.8. The topological polar surface area (TPSA) is 47.6 Å². The number of methoxy groups -OCH3 is 1. The van der Waals surface area contributed by atoms with Gasteiger partial charge in [0.15, 0.2) is 0 Å². The van der Waals surface area contributed by atoms with Crippen molar-refractivity contribution in [2.45, 2.75) is 26.7 Å². The predicted molar refractivity (Wildman–Crippen MR) is 92.7 cm³/mol. The van der Waals surface area contributed by atoms with Crippen LogP contribution in [0.3, 0.4) is 0 Å². The second-order valence-electron chi connectivity index (χ2n) is 5.61. The van der Waals surface area contributed by atoms with E-state index in [0.717, 1.165) is 11.3 Å². The molecule has 0 heterocycles. The summed E-state index contributed by atoms with van der Waals surface area (Å²) in [6.45, 7) is 5.98. The molecule has 0 saturated carbocycles. The molecular weight excluding hydrogens is 309 g/mol. The molecule has 0 atom stereocenters. The van der Waals surface area contributed by atoms with Crippen LogP contribution in [-0.2, 0) is 4.74 Å². The SMILES string of the molecule is CCOC(=O)c1c(Nc2ccc(F)cc2C(C)C)cccc1OC. The van der Waals surface area contributed by atoms with Gasteiger partial charge in [0.05, 0.1) is 19.4 Å². The third-order valence-electron chi connectivity index (χ3n) is 3.63. The Bertz CT molecular complexity index is 729. The van der Waals surface area contributed by atoms with Gasteiger partial charge in [-0.25, -0.2) is 9.18 Å². The molecule has 0 bridgehead atoms. The van der Waals surface area contributed by atoms with Crippen LogP contribution in [0.5, 0.6) is 5.75 Å². The third-order valence-corrected chi connectivity index (χ3v) is 3.63. The summed E-state index contributed by atoms with van der Waals surface area (Å²) in [4.78, 5) is 12.3. The van der Waals surface area contributed by atoms with Gasteiger partial charge in [-0.3, -0.25) is 0 Å². The summed E-state index contributed by atoms with van der Waals surface area (Å²) in [5.74, 6) is -0.210. The normalized spacial score (nSPS) is 10.6. The number of ether oxygens (including phenoxy) is 2. The van der Waals surface area contributed by atoms with Crippen molar-refractivity contribution in [3.63, 3.8) is 0 Å². The van der Waals surface area contributed by atoms with Crippen molar-refractivity contribution >= 4 is 17.3 Å². The lowest BCUT2D eigenvalue weighted by Crippen LogP contribution is -2.10. The Kier molecular flexibility index (Phi) is 5.79. The molecule has 2 aromatic carbocycles. The van der Waals surface area contributed by atoms with Crippen LogP contribution in [0.25, 0.3) is 0 Å². The first-order valence-electron chi connectivity index (χ1n) is 7.88. The first-order valence-corrected chi connectivity index (χ1v) is 7.88. The van der Waals surface area contributed by atoms with E-state index in [-0.39, 0.29) is 18.3 Å². The predicted octanol–water partition coefficient (Wildman–Crippen LogP) is 4.88. The van der Waals surface area contributed by atoms with E-state index in [9.17, 15) is 9.18 Å². The minimum Gasteiger partial charge on any atom is -0.496 e. The van der Waals surface area contributed by atoms with E-state index in [1.807, 2.05) is 13.8 Å². The number of carbonyl (C=O) groups excluding carboxylic acids is 1. The van der Waals surface area contributed by atoms with E-state index in [1.165, 1.54) is 19.2 Å². The summed E-state index contributed by atoms with van der Waals surface area (Å²) in [5.41, 5.74) is 2.44. The van der Waals surface area contributed by atoms with Gasteiger partial charge in [0, 0.05) is 5.69 Å². The largest absolute Gasteiger partial charge is 0.496 e.